The van der Waals surface area contributed by atoms with Crippen molar-refractivity contribution in [1.29, 1.82) is 0 Å². The molecule has 0 fully saturated rings. The number of ether oxygens (including phenoxy) is 2. The average Bonchev–Trinajstić information content (AvgIpc) is 3.01. The van der Waals surface area contributed by atoms with Crippen molar-refractivity contribution in [1.82, 2.24) is 14.6 Å². The van der Waals surface area contributed by atoms with E-state index < -0.39 is 5.97 Å². The predicted molar refractivity (Wildman–Crippen MR) is 90.6 cm³/mol. The minimum atomic E-state index is -0.472. The molecule has 3 aromatic rings. The number of aromatic nitrogens is 3. The zero-order chi connectivity index (χ0) is 17.1. The quantitative estimate of drug-likeness (QED) is 0.522. The van der Waals surface area contributed by atoms with Crippen LogP contribution in [0.15, 0.2) is 36.5 Å². The van der Waals surface area contributed by atoms with Gasteiger partial charge in [0, 0.05) is 11.6 Å². The second-order valence-electron chi connectivity index (χ2n) is 4.94. The van der Waals surface area contributed by atoms with Crippen molar-refractivity contribution < 1.29 is 14.3 Å². The van der Waals surface area contributed by atoms with Gasteiger partial charge in [-0.15, -0.1) is 0 Å². The molecular formula is C17H16ClN3O3. The number of esters is 1. The number of fused-ring (bicyclic) bond motifs is 1. The van der Waals surface area contributed by atoms with Crippen LogP contribution in [0.25, 0.3) is 16.9 Å². The van der Waals surface area contributed by atoms with Crippen LogP contribution in [0.2, 0.25) is 5.15 Å². The summed E-state index contributed by atoms with van der Waals surface area (Å²) in [6.45, 7) is 4.56. The number of hydrogen-bond acceptors (Lipinski definition) is 5. The third-order valence-corrected chi connectivity index (χ3v) is 3.65. The summed E-state index contributed by atoms with van der Waals surface area (Å²) in [4.78, 5) is 16.5. The van der Waals surface area contributed by atoms with Crippen molar-refractivity contribution in [2.45, 2.75) is 13.8 Å². The van der Waals surface area contributed by atoms with Crippen LogP contribution in [0.4, 0.5) is 0 Å². The Balaban J connectivity index is 2.05. The van der Waals surface area contributed by atoms with Crippen LogP contribution in [-0.4, -0.2) is 33.8 Å². The number of carbonyl (C=O) groups is 1. The van der Waals surface area contributed by atoms with Crippen LogP contribution in [0.1, 0.15) is 24.2 Å². The number of hydrogen-bond donors (Lipinski definition) is 0. The molecule has 0 unspecified atom stereocenters. The third kappa shape index (κ3) is 3.05. The van der Waals surface area contributed by atoms with E-state index in [0.29, 0.717) is 23.1 Å². The van der Waals surface area contributed by atoms with Crippen molar-refractivity contribution in [3.05, 3.63) is 47.2 Å². The van der Waals surface area contributed by atoms with Crippen LogP contribution in [0, 0.1) is 0 Å². The molecule has 0 N–H and O–H groups in total. The normalized spacial score (nSPS) is 10.8. The molecule has 24 heavy (non-hydrogen) atoms. The van der Waals surface area contributed by atoms with Crippen molar-refractivity contribution in [3.8, 4) is 17.0 Å². The van der Waals surface area contributed by atoms with Crippen molar-refractivity contribution in [3.63, 3.8) is 0 Å². The molecule has 2 heterocycles. The van der Waals surface area contributed by atoms with Gasteiger partial charge >= 0.3 is 5.97 Å². The average molecular weight is 346 g/mol. The predicted octanol–water partition coefficient (Wildman–Crippen LogP) is 3.63. The summed E-state index contributed by atoms with van der Waals surface area (Å²) in [5, 5.41) is 4.46. The van der Waals surface area contributed by atoms with Gasteiger partial charge < -0.3 is 9.47 Å². The molecule has 1 aromatic carbocycles. The van der Waals surface area contributed by atoms with E-state index in [1.54, 1.807) is 13.0 Å². The Hall–Kier alpha value is -2.60. The number of nitrogens with zero attached hydrogens (tertiary/aromatic N) is 3. The van der Waals surface area contributed by atoms with Crippen LogP contribution in [-0.2, 0) is 4.74 Å². The Morgan fingerprint density at radius 2 is 1.96 bits per heavy atom. The van der Waals surface area contributed by atoms with Crippen LogP contribution in [0.5, 0.6) is 5.75 Å². The monoisotopic (exact) mass is 345 g/mol. The standard InChI is InChI=1S/C17H16ClN3O3/c1-3-23-12-7-5-11(6-8-12)14-9-15(18)21-16(20-14)13(10-19-21)17(22)24-4-2/h5-10H,3-4H2,1-2H3. The molecule has 0 saturated heterocycles. The fourth-order valence-electron chi connectivity index (χ4n) is 2.32. The summed E-state index contributed by atoms with van der Waals surface area (Å²) in [7, 11) is 0. The van der Waals surface area contributed by atoms with Crippen LogP contribution < -0.4 is 4.74 Å². The molecule has 0 aliphatic rings. The molecule has 0 bridgehead atoms. The minimum Gasteiger partial charge on any atom is -0.494 e. The lowest BCUT2D eigenvalue weighted by atomic mass is 10.1. The first-order valence-electron chi connectivity index (χ1n) is 7.58. The largest absolute Gasteiger partial charge is 0.494 e. The van der Waals surface area contributed by atoms with Gasteiger partial charge in [-0.05, 0) is 38.1 Å². The first-order valence-corrected chi connectivity index (χ1v) is 7.96. The number of carbonyl (C=O) groups excluding carboxylic acids is 1. The van der Waals surface area contributed by atoms with Gasteiger partial charge in [0.2, 0.25) is 0 Å². The lowest BCUT2D eigenvalue weighted by Gasteiger charge is -2.07. The highest BCUT2D eigenvalue weighted by Gasteiger charge is 2.18. The molecule has 0 aliphatic carbocycles. The highest BCUT2D eigenvalue weighted by molar-refractivity contribution is 6.30. The summed E-state index contributed by atoms with van der Waals surface area (Å²) in [5.74, 6) is 0.310. The zero-order valence-electron chi connectivity index (χ0n) is 13.3. The van der Waals surface area contributed by atoms with E-state index in [1.807, 2.05) is 31.2 Å². The minimum absolute atomic E-state index is 0.280. The van der Waals surface area contributed by atoms with E-state index in [9.17, 15) is 4.79 Å². The Bertz CT molecular complexity index is 875. The third-order valence-electron chi connectivity index (χ3n) is 3.38. The maximum Gasteiger partial charge on any atom is 0.343 e. The Kier molecular flexibility index (Phi) is 4.66. The van der Waals surface area contributed by atoms with E-state index in [-0.39, 0.29) is 12.2 Å². The fourth-order valence-corrected chi connectivity index (χ4v) is 2.54. The maximum atomic E-state index is 12.0. The van der Waals surface area contributed by atoms with Gasteiger partial charge in [-0.3, -0.25) is 0 Å². The Morgan fingerprint density at radius 1 is 1.21 bits per heavy atom. The molecule has 0 radical (unpaired) electrons. The van der Waals surface area contributed by atoms with Crippen molar-refractivity contribution in [2.75, 3.05) is 13.2 Å². The van der Waals surface area contributed by atoms with Gasteiger partial charge in [-0.25, -0.2) is 14.3 Å². The van der Waals surface area contributed by atoms with E-state index in [2.05, 4.69) is 10.1 Å². The maximum absolute atomic E-state index is 12.0. The molecular weight excluding hydrogens is 330 g/mol. The summed E-state index contributed by atoms with van der Waals surface area (Å²) < 4.78 is 11.9. The smallest absolute Gasteiger partial charge is 0.343 e. The second-order valence-corrected chi connectivity index (χ2v) is 5.32. The first-order chi connectivity index (χ1) is 11.6. The Labute approximate surface area is 144 Å². The summed E-state index contributed by atoms with van der Waals surface area (Å²) in [6, 6.07) is 9.20. The molecule has 0 saturated carbocycles. The fraction of sp³-hybridized carbons (Fsp3) is 0.235. The molecule has 6 nitrogen and oxygen atoms in total. The van der Waals surface area contributed by atoms with Gasteiger partial charge in [-0.1, -0.05) is 11.6 Å². The molecule has 0 atom stereocenters. The number of benzene rings is 1. The SMILES string of the molecule is CCOC(=O)c1cnn2c(Cl)cc(-c3ccc(OCC)cc3)nc12. The molecule has 124 valence electrons. The summed E-state index contributed by atoms with van der Waals surface area (Å²) >= 11 is 6.27. The summed E-state index contributed by atoms with van der Waals surface area (Å²) in [6.07, 6.45) is 1.41. The van der Waals surface area contributed by atoms with Crippen LogP contribution >= 0.6 is 11.6 Å². The van der Waals surface area contributed by atoms with E-state index >= 15 is 0 Å². The molecule has 2 aromatic heterocycles. The Morgan fingerprint density at radius 3 is 2.62 bits per heavy atom. The van der Waals surface area contributed by atoms with Crippen LogP contribution in [0.3, 0.4) is 0 Å². The molecule has 7 heteroatoms. The van der Waals surface area contributed by atoms with Gasteiger partial charge in [0.15, 0.2) is 5.65 Å². The molecule has 0 spiro atoms. The van der Waals surface area contributed by atoms with E-state index in [4.69, 9.17) is 21.1 Å². The highest BCUT2D eigenvalue weighted by atomic mass is 35.5. The zero-order valence-corrected chi connectivity index (χ0v) is 14.1. The van der Waals surface area contributed by atoms with Crippen molar-refractivity contribution >= 4 is 23.2 Å². The van der Waals surface area contributed by atoms with Crippen molar-refractivity contribution in [2.24, 2.45) is 0 Å². The number of rotatable bonds is 5. The van der Waals surface area contributed by atoms with Gasteiger partial charge in [0.25, 0.3) is 0 Å². The molecule has 3 rings (SSSR count). The van der Waals surface area contributed by atoms with Gasteiger partial charge in [0.05, 0.1) is 25.1 Å². The topological polar surface area (TPSA) is 65.7 Å². The van der Waals surface area contributed by atoms with Gasteiger partial charge in [-0.2, -0.15) is 5.10 Å². The lowest BCUT2D eigenvalue weighted by molar-refractivity contribution is 0.0528. The van der Waals surface area contributed by atoms with Gasteiger partial charge in [0.1, 0.15) is 16.5 Å². The van der Waals surface area contributed by atoms with E-state index in [0.717, 1.165) is 11.3 Å². The molecule has 0 aliphatic heterocycles. The second kappa shape index (κ2) is 6.88. The number of halogens is 1. The summed E-state index contributed by atoms with van der Waals surface area (Å²) in [5.41, 5.74) is 2.15. The van der Waals surface area contributed by atoms with E-state index in [1.165, 1.54) is 10.7 Å². The highest BCUT2D eigenvalue weighted by Crippen LogP contribution is 2.25. The lowest BCUT2D eigenvalue weighted by Crippen LogP contribution is -2.05. The molecule has 0 amide bonds. The first kappa shape index (κ1) is 16.3.